The summed E-state index contributed by atoms with van der Waals surface area (Å²) in [7, 11) is 0. The van der Waals surface area contributed by atoms with Gasteiger partial charge >= 0.3 is 0 Å². The molecule has 37 heavy (non-hydrogen) atoms. The van der Waals surface area contributed by atoms with E-state index in [9.17, 15) is 19.5 Å². The van der Waals surface area contributed by atoms with Gasteiger partial charge in [0.1, 0.15) is 18.2 Å². The number of benzene rings is 1. The zero-order valence-corrected chi connectivity index (χ0v) is 22.2. The Morgan fingerprint density at radius 3 is 2.78 bits per heavy atom. The number of nitrogens with zero attached hydrogens (tertiary/aromatic N) is 4. The van der Waals surface area contributed by atoms with E-state index >= 15 is 0 Å². The summed E-state index contributed by atoms with van der Waals surface area (Å²) in [6, 6.07) is 6.89. The minimum absolute atomic E-state index is 0.0342. The average molecular weight is 529 g/mol. The molecule has 11 heteroatoms. The van der Waals surface area contributed by atoms with Crippen molar-refractivity contribution < 1.29 is 19.5 Å². The minimum Gasteiger partial charge on any atom is -0.396 e. The molecule has 3 unspecified atom stereocenters. The molecule has 3 amide bonds. The number of para-hydroxylation sites is 1. The van der Waals surface area contributed by atoms with Crippen molar-refractivity contribution in [2.24, 2.45) is 17.8 Å². The number of likely N-dealkylation sites (tertiary alicyclic amines) is 1. The summed E-state index contributed by atoms with van der Waals surface area (Å²) < 4.78 is 1.01. The van der Waals surface area contributed by atoms with Crippen molar-refractivity contribution in [3.63, 3.8) is 0 Å². The maximum Gasteiger partial charge on any atom is 0.245 e. The van der Waals surface area contributed by atoms with Crippen LogP contribution in [0.1, 0.15) is 46.0 Å². The Labute approximate surface area is 220 Å². The molecule has 1 aromatic heterocycles. The Morgan fingerprint density at radius 1 is 1.19 bits per heavy atom. The van der Waals surface area contributed by atoms with Crippen molar-refractivity contribution in [1.82, 2.24) is 30.5 Å². The Bertz CT molecular complexity index is 1170. The number of aliphatic hydroxyl groups excluding tert-OH is 1. The number of fused-ring (bicyclic) bond motifs is 2. The van der Waals surface area contributed by atoms with Gasteiger partial charge in [0, 0.05) is 24.9 Å². The van der Waals surface area contributed by atoms with Gasteiger partial charge < -0.3 is 20.6 Å². The smallest absolute Gasteiger partial charge is 0.245 e. The third kappa shape index (κ3) is 4.29. The molecule has 1 aromatic carbocycles. The molecule has 10 nitrogen and oxygen atoms in total. The molecule has 200 valence electrons. The first-order valence-corrected chi connectivity index (χ1v) is 14.2. The highest BCUT2D eigenvalue weighted by atomic mass is 32.2. The van der Waals surface area contributed by atoms with Crippen LogP contribution < -0.4 is 10.6 Å². The number of thioether (sulfide) groups is 1. The van der Waals surface area contributed by atoms with Crippen molar-refractivity contribution in [2.45, 2.75) is 68.7 Å². The van der Waals surface area contributed by atoms with Crippen LogP contribution in [0.2, 0.25) is 0 Å². The number of carbonyl (C=O) groups is 3. The lowest BCUT2D eigenvalue weighted by Gasteiger charge is -2.38. The number of aromatic nitrogens is 3. The average Bonchev–Trinajstić information content (AvgIpc) is 3.61. The highest BCUT2D eigenvalue weighted by molar-refractivity contribution is 8.02. The van der Waals surface area contributed by atoms with Crippen LogP contribution in [0.25, 0.3) is 11.0 Å². The Balaban J connectivity index is 1.42. The van der Waals surface area contributed by atoms with E-state index in [0.29, 0.717) is 25.9 Å². The fraction of sp³-hybridized carbons (Fsp3) is 0.654. The second-order valence-corrected chi connectivity index (χ2v) is 12.0. The van der Waals surface area contributed by atoms with Crippen molar-refractivity contribution >= 4 is 40.5 Å². The van der Waals surface area contributed by atoms with E-state index < -0.39 is 22.6 Å². The van der Waals surface area contributed by atoms with Crippen LogP contribution in [-0.4, -0.2) is 78.5 Å². The molecular weight excluding hydrogens is 492 g/mol. The highest BCUT2D eigenvalue weighted by Crippen LogP contribution is 2.68. The number of aliphatic hydroxyl groups is 1. The fourth-order valence-electron chi connectivity index (χ4n) is 6.58. The van der Waals surface area contributed by atoms with E-state index in [1.54, 1.807) is 21.3 Å². The third-order valence-corrected chi connectivity index (χ3v) is 10.3. The molecule has 0 saturated carbocycles. The van der Waals surface area contributed by atoms with Crippen LogP contribution in [0.5, 0.6) is 0 Å². The normalized spacial score (nSPS) is 30.2. The lowest BCUT2D eigenvalue weighted by molar-refractivity contribution is -0.140. The summed E-state index contributed by atoms with van der Waals surface area (Å²) in [4.78, 5) is 42.8. The van der Waals surface area contributed by atoms with Crippen LogP contribution >= 0.6 is 11.8 Å². The molecule has 3 N–H and O–H groups in total. The molecule has 3 saturated heterocycles. The van der Waals surface area contributed by atoms with E-state index in [0.717, 1.165) is 30.3 Å². The Morgan fingerprint density at radius 2 is 2.00 bits per heavy atom. The molecular formula is C26H36N6O4S. The van der Waals surface area contributed by atoms with Gasteiger partial charge in [-0.05, 0) is 50.2 Å². The standard InChI is InChI=1S/C26H36N6O4S/c1-3-11-27-23(34)20-19-14-16(2)26(37-19)21(20)25(36)31(12-7-4-8-13-33)22(26)24(35)28-15-32-18-10-6-5-9-17(18)29-30-32/h5-6,9-10,16,19-22,33H,3-4,7-8,11-15H2,1-2H3,(H,27,34)(H,28,35)/t16?,19-,20+,21-,22?,26?/m0/s1. The summed E-state index contributed by atoms with van der Waals surface area (Å²) in [6.07, 6.45) is 3.76. The van der Waals surface area contributed by atoms with E-state index in [2.05, 4.69) is 27.9 Å². The lowest BCUT2D eigenvalue weighted by Crippen LogP contribution is -2.56. The van der Waals surface area contributed by atoms with E-state index in [1.165, 1.54) is 0 Å². The molecule has 0 radical (unpaired) electrons. The van der Waals surface area contributed by atoms with Crippen LogP contribution in [0.4, 0.5) is 0 Å². The number of rotatable bonds is 11. The van der Waals surface area contributed by atoms with Gasteiger partial charge in [0.25, 0.3) is 0 Å². The van der Waals surface area contributed by atoms with Crippen molar-refractivity contribution in [1.29, 1.82) is 0 Å². The number of hydrogen-bond acceptors (Lipinski definition) is 7. The van der Waals surface area contributed by atoms with Crippen molar-refractivity contribution in [3.8, 4) is 0 Å². The number of carbonyl (C=O) groups excluding carboxylic acids is 3. The topological polar surface area (TPSA) is 129 Å². The van der Waals surface area contributed by atoms with Gasteiger partial charge in [0.2, 0.25) is 17.7 Å². The molecule has 3 fully saturated rings. The van der Waals surface area contributed by atoms with Gasteiger partial charge in [-0.25, -0.2) is 4.68 Å². The largest absolute Gasteiger partial charge is 0.396 e. The summed E-state index contributed by atoms with van der Waals surface area (Å²) in [5.74, 6) is -1.18. The molecule has 3 aliphatic rings. The predicted octanol–water partition coefficient (Wildman–Crippen LogP) is 1.53. The molecule has 2 bridgehead atoms. The predicted molar refractivity (Wildman–Crippen MR) is 140 cm³/mol. The Hall–Kier alpha value is -2.66. The second kappa shape index (κ2) is 10.6. The van der Waals surface area contributed by atoms with Gasteiger partial charge in [-0.1, -0.05) is 31.2 Å². The van der Waals surface area contributed by atoms with E-state index in [4.69, 9.17) is 0 Å². The maximum absolute atomic E-state index is 14.0. The first-order chi connectivity index (χ1) is 17.9. The summed E-state index contributed by atoms with van der Waals surface area (Å²) >= 11 is 1.68. The molecule has 4 heterocycles. The monoisotopic (exact) mass is 528 g/mol. The zero-order chi connectivity index (χ0) is 26.2. The third-order valence-electron chi connectivity index (χ3n) is 8.23. The SMILES string of the molecule is CCCNC(=O)[C@@H]1[C@@H]2CC(C)C3(S2)C(C(=O)NCn2nnc4ccccc42)N(CCCCCO)C(=O)[C@H]13. The maximum atomic E-state index is 14.0. The van der Waals surface area contributed by atoms with Gasteiger partial charge in [-0.15, -0.1) is 16.9 Å². The van der Waals surface area contributed by atoms with E-state index in [-0.39, 0.29) is 42.2 Å². The first-order valence-electron chi connectivity index (χ1n) is 13.4. The molecule has 5 rings (SSSR count). The quantitative estimate of drug-likeness (QED) is 0.377. The number of hydrogen-bond donors (Lipinski definition) is 3. The Kier molecular flexibility index (Phi) is 7.44. The first kappa shape index (κ1) is 26.0. The van der Waals surface area contributed by atoms with Crippen molar-refractivity contribution in [2.75, 3.05) is 19.7 Å². The van der Waals surface area contributed by atoms with Gasteiger partial charge in [0.05, 0.1) is 22.1 Å². The lowest BCUT2D eigenvalue weighted by atomic mass is 9.66. The molecule has 1 spiro atoms. The molecule has 3 aliphatic heterocycles. The molecule has 2 aromatic rings. The van der Waals surface area contributed by atoms with Crippen LogP contribution in [0, 0.1) is 17.8 Å². The molecule has 6 atom stereocenters. The van der Waals surface area contributed by atoms with Crippen LogP contribution in [0.3, 0.4) is 0 Å². The van der Waals surface area contributed by atoms with Gasteiger partial charge in [-0.3, -0.25) is 14.4 Å². The number of amides is 3. The van der Waals surface area contributed by atoms with Crippen LogP contribution in [0.15, 0.2) is 24.3 Å². The fourth-order valence-corrected chi connectivity index (χ4v) is 9.00. The summed E-state index contributed by atoms with van der Waals surface area (Å²) in [6.45, 7) is 5.39. The zero-order valence-electron chi connectivity index (χ0n) is 21.4. The summed E-state index contributed by atoms with van der Waals surface area (Å²) in [5, 5.41) is 23.6. The number of nitrogens with one attached hydrogen (secondary N) is 2. The van der Waals surface area contributed by atoms with Gasteiger partial charge in [-0.2, -0.15) is 0 Å². The van der Waals surface area contributed by atoms with E-state index in [1.807, 2.05) is 31.2 Å². The summed E-state index contributed by atoms with van der Waals surface area (Å²) in [5.41, 5.74) is 1.57. The number of unbranched alkanes of at least 4 members (excludes halogenated alkanes) is 2. The van der Waals surface area contributed by atoms with Gasteiger partial charge in [0.15, 0.2) is 0 Å². The van der Waals surface area contributed by atoms with Crippen LogP contribution in [-0.2, 0) is 21.1 Å². The molecule has 0 aliphatic carbocycles. The second-order valence-electron chi connectivity index (χ2n) is 10.4. The minimum atomic E-state index is -0.664. The van der Waals surface area contributed by atoms with Crippen molar-refractivity contribution in [3.05, 3.63) is 24.3 Å². The highest BCUT2D eigenvalue weighted by Gasteiger charge is 2.75.